The zero-order valence-electron chi connectivity index (χ0n) is 8.84. The molecule has 1 amide bonds. The maximum Gasteiger partial charge on any atom is 0.257 e. The molecule has 5 heteroatoms. The van der Waals surface area contributed by atoms with Crippen LogP contribution in [0.5, 0.6) is 0 Å². The fourth-order valence-electron chi connectivity index (χ4n) is 1.29. The van der Waals surface area contributed by atoms with Gasteiger partial charge in [0.05, 0.1) is 5.56 Å². The molecule has 0 heterocycles. The molecule has 0 atom stereocenters. The average Bonchev–Trinajstić information content (AvgIpc) is 2.25. The Bertz CT molecular complexity index is 364. The van der Waals surface area contributed by atoms with Crippen LogP contribution in [-0.2, 0) is 0 Å². The van der Waals surface area contributed by atoms with Crippen LogP contribution < -0.4 is 0 Å². The van der Waals surface area contributed by atoms with Crippen molar-refractivity contribution in [3.63, 3.8) is 0 Å². The number of halogens is 3. The molecule has 0 saturated heterocycles. The Morgan fingerprint density at radius 2 is 2.19 bits per heavy atom. The SMILES string of the molecule is CN(CCCBr)C(=O)c1c(F)cccc1Br. The molecule has 0 bridgehead atoms. The molecule has 0 saturated carbocycles. The van der Waals surface area contributed by atoms with Crippen LogP contribution in [0.3, 0.4) is 0 Å². The lowest BCUT2D eigenvalue weighted by molar-refractivity contribution is 0.0790. The number of carbonyl (C=O) groups is 1. The van der Waals surface area contributed by atoms with Crippen LogP contribution in [0.25, 0.3) is 0 Å². The monoisotopic (exact) mass is 351 g/mol. The molecule has 1 rings (SSSR count). The molecule has 0 N–H and O–H groups in total. The zero-order valence-corrected chi connectivity index (χ0v) is 12.0. The molecule has 0 fully saturated rings. The van der Waals surface area contributed by atoms with Crippen molar-refractivity contribution in [2.45, 2.75) is 6.42 Å². The molecule has 1 aromatic rings. The second-order valence-corrected chi connectivity index (χ2v) is 5.01. The highest BCUT2D eigenvalue weighted by Crippen LogP contribution is 2.21. The second kappa shape index (κ2) is 6.35. The van der Waals surface area contributed by atoms with Crippen molar-refractivity contribution in [1.82, 2.24) is 4.90 Å². The van der Waals surface area contributed by atoms with Crippen LogP contribution in [0.2, 0.25) is 0 Å². The first kappa shape index (κ1) is 13.6. The summed E-state index contributed by atoms with van der Waals surface area (Å²) in [5.41, 5.74) is 0.0968. The molecule has 0 aliphatic carbocycles. The summed E-state index contributed by atoms with van der Waals surface area (Å²) in [6.45, 7) is 0.602. The lowest BCUT2D eigenvalue weighted by Crippen LogP contribution is -2.29. The van der Waals surface area contributed by atoms with E-state index < -0.39 is 5.82 Å². The average molecular weight is 353 g/mol. The Balaban J connectivity index is 2.87. The van der Waals surface area contributed by atoms with Gasteiger partial charge in [0.1, 0.15) is 5.82 Å². The predicted molar refractivity (Wildman–Crippen MR) is 69.5 cm³/mol. The first-order valence-corrected chi connectivity index (χ1v) is 6.74. The van der Waals surface area contributed by atoms with Crippen molar-refractivity contribution < 1.29 is 9.18 Å². The van der Waals surface area contributed by atoms with E-state index in [2.05, 4.69) is 31.9 Å². The first-order chi connectivity index (χ1) is 7.57. The van der Waals surface area contributed by atoms with E-state index in [-0.39, 0.29) is 11.5 Å². The molecule has 88 valence electrons. The lowest BCUT2D eigenvalue weighted by atomic mass is 10.2. The standard InChI is InChI=1S/C11H12Br2FNO/c1-15(7-3-6-12)11(16)10-8(13)4-2-5-9(10)14/h2,4-5H,3,6-7H2,1H3. The predicted octanol–water partition coefficient (Wildman–Crippen LogP) is 3.45. The molecule has 0 aliphatic rings. The van der Waals surface area contributed by atoms with Gasteiger partial charge < -0.3 is 4.90 Å². The van der Waals surface area contributed by atoms with E-state index in [9.17, 15) is 9.18 Å². The molecule has 2 nitrogen and oxygen atoms in total. The Kier molecular flexibility index (Phi) is 5.41. The third kappa shape index (κ3) is 3.28. The number of hydrogen-bond donors (Lipinski definition) is 0. The van der Waals surface area contributed by atoms with Crippen LogP contribution in [0.4, 0.5) is 4.39 Å². The minimum absolute atomic E-state index is 0.0968. The molecule has 0 unspecified atom stereocenters. The second-order valence-electron chi connectivity index (χ2n) is 3.37. The van der Waals surface area contributed by atoms with Crippen molar-refractivity contribution in [3.05, 3.63) is 34.1 Å². The summed E-state index contributed by atoms with van der Waals surface area (Å²) in [5, 5.41) is 0.822. The largest absolute Gasteiger partial charge is 0.342 e. The Morgan fingerprint density at radius 3 is 2.75 bits per heavy atom. The molecule has 16 heavy (non-hydrogen) atoms. The number of alkyl halides is 1. The third-order valence-corrected chi connectivity index (χ3v) is 3.37. The lowest BCUT2D eigenvalue weighted by Gasteiger charge is -2.17. The molecule has 0 radical (unpaired) electrons. The van der Waals surface area contributed by atoms with Gasteiger partial charge in [-0.1, -0.05) is 22.0 Å². The number of benzene rings is 1. The summed E-state index contributed by atoms with van der Waals surface area (Å²) in [6.07, 6.45) is 0.842. The van der Waals surface area contributed by atoms with Crippen LogP contribution in [0.1, 0.15) is 16.8 Å². The van der Waals surface area contributed by atoms with Gasteiger partial charge >= 0.3 is 0 Å². The van der Waals surface area contributed by atoms with Crippen LogP contribution >= 0.6 is 31.9 Å². The van der Waals surface area contributed by atoms with Crippen LogP contribution in [0.15, 0.2) is 22.7 Å². The minimum Gasteiger partial charge on any atom is -0.342 e. The Hall–Kier alpha value is -0.420. The van der Waals surface area contributed by atoms with Gasteiger partial charge in [-0.25, -0.2) is 4.39 Å². The van der Waals surface area contributed by atoms with E-state index >= 15 is 0 Å². The summed E-state index contributed by atoms with van der Waals surface area (Å²) in [6, 6.07) is 4.51. The highest BCUT2D eigenvalue weighted by molar-refractivity contribution is 9.10. The number of carbonyl (C=O) groups excluding carboxylic acids is 1. The van der Waals surface area contributed by atoms with Crippen molar-refractivity contribution in [2.24, 2.45) is 0 Å². The fraction of sp³-hybridized carbons (Fsp3) is 0.364. The van der Waals surface area contributed by atoms with E-state index in [1.165, 1.54) is 11.0 Å². The third-order valence-electron chi connectivity index (χ3n) is 2.15. The van der Waals surface area contributed by atoms with E-state index in [0.717, 1.165) is 11.8 Å². The first-order valence-electron chi connectivity index (χ1n) is 4.83. The molecule has 0 aromatic heterocycles. The number of amides is 1. The molecular formula is C11H12Br2FNO. The van der Waals surface area contributed by atoms with E-state index in [1.807, 2.05) is 0 Å². The van der Waals surface area contributed by atoms with Gasteiger partial charge in [0.2, 0.25) is 0 Å². The maximum absolute atomic E-state index is 13.5. The van der Waals surface area contributed by atoms with E-state index in [0.29, 0.717) is 11.0 Å². The smallest absolute Gasteiger partial charge is 0.257 e. The maximum atomic E-state index is 13.5. The minimum atomic E-state index is -0.495. The molecule has 1 aromatic carbocycles. The Morgan fingerprint density at radius 1 is 1.50 bits per heavy atom. The zero-order chi connectivity index (χ0) is 12.1. The van der Waals surface area contributed by atoms with Gasteiger partial charge in [0, 0.05) is 23.4 Å². The van der Waals surface area contributed by atoms with Gasteiger partial charge in [0.25, 0.3) is 5.91 Å². The van der Waals surface area contributed by atoms with Gasteiger partial charge in [0.15, 0.2) is 0 Å². The normalized spacial score (nSPS) is 10.2. The van der Waals surface area contributed by atoms with E-state index in [1.54, 1.807) is 19.2 Å². The number of rotatable bonds is 4. The Labute approximate surface area is 111 Å². The summed E-state index contributed by atoms with van der Waals surface area (Å²) in [7, 11) is 1.67. The van der Waals surface area contributed by atoms with E-state index in [4.69, 9.17) is 0 Å². The fourth-order valence-corrected chi connectivity index (χ4v) is 2.05. The summed E-state index contributed by atoms with van der Waals surface area (Å²) < 4.78 is 14.0. The molecule has 0 spiro atoms. The van der Waals surface area contributed by atoms with Crippen molar-refractivity contribution in [1.29, 1.82) is 0 Å². The molecular weight excluding hydrogens is 341 g/mol. The van der Waals surface area contributed by atoms with Gasteiger partial charge in [-0.2, -0.15) is 0 Å². The highest BCUT2D eigenvalue weighted by atomic mass is 79.9. The quantitative estimate of drug-likeness (QED) is 0.760. The summed E-state index contributed by atoms with van der Waals surface area (Å²) in [5.74, 6) is -0.795. The van der Waals surface area contributed by atoms with Gasteiger partial charge in [-0.3, -0.25) is 4.79 Å². The summed E-state index contributed by atoms with van der Waals surface area (Å²) >= 11 is 6.48. The van der Waals surface area contributed by atoms with Crippen molar-refractivity contribution in [2.75, 3.05) is 18.9 Å². The number of hydrogen-bond acceptors (Lipinski definition) is 1. The highest BCUT2D eigenvalue weighted by Gasteiger charge is 2.18. The number of nitrogens with zero attached hydrogens (tertiary/aromatic N) is 1. The molecule has 0 aliphatic heterocycles. The van der Waals surface area contributed by atoms with Crippen LogP contribution in [-0.4, -0.2) is 29.7 Å². The van der Waals surface area contributed by atoms with Gasteiger partial charge in [-0.15, -0.1) is 0 Å². The van der Waals surface area contributed by atoms with Gasteiger partial charge in [-0.05, 0) is 34.5 Å². The van der Waals surface area contributed by atoms with Crippen LogP contribution in [0, 0.1) is 5.82 Å². The van der Waals surface area contributed by atoms with Crippen molar-refractivity contribution >= 4 is 37.8 Å². The van der Waals surface area contributed by atoms with Crippen molar-refractivity contribution in [3.8, 4) is 0 Å². The topological polar surface area (TPSA) is 20.3 Å². The summed E-state index contributed by atoms with van der Waals surface area (Å²) in [4.78, 5) is 13.5.